The molecule has 0 spiro atoms. The highest BCUT2D eigenvalue weighted by molar-refractivity contribution is 6.08. The van der Waals surface area contributed by atoms with E-state index >= 15 is 0 Å². The number of ketones is 1. The lowest BCUT2D eigenvalue weighted by Crippen LogP contribution is -2.40. The molecule has 0 fully saturated rings. The third kappa shape index (κ3) is 3.89. The van der Waals surface area contributed by atoms with Crippen molar-refractivity contribution in [3.63, 3.8) is 0 Å². The van der Waals surface area contributed by atoms with Crippen LogP contribution in [0.2, 0.25) is 0 Å². The molecule has 24 heavy (non-hydrogen) atoms. The molecule has 132 valence electrons. The van der Waals surface area contributed by atoms with Gasteiger partial charge in [0, 0.05) is 41.0 Å². The Bertz CT molecular complexity index is 704. The molecule has 0 bridgehead atoms. The van der Waals surface area contributed by atoms with E-state index in [1.165, 1.54) is 12.8 Å². The average molecular weight is 329 g/mol. The van der Waals surface area contributed by atoms with Gasteiger partial charge in [0.25, 0.3) is 0 Å². The van der Waals surface area contributed by atoms with Crippen LogP contribution < -0.4 is 0 Å². The Hall–Kier alpha value is -1.61. The number of hydrogen-bond donors (Lipinski definition) is 1. The second kappa shape index (κ2) is 7.10. The van der Waals surface area contributed by atoms with Gasteiger partial charge in [-0.25, -0.2) is 0 Å². The fourth-order valence-electron chi connectivity index (χ4n) is 2.90. The fourth-order valence-corrected chi connectivity index (χ4v) is 2.90. The number of benzene rings is 1. The number of nitrogens with zero attached hydrogens (tertiary/aromatic N) is 1. The number of aryl methyl sites for hydroxylation is 1. The molecule has 0 atom stereocenters. The maximum atomic E-state index is 12.9. The standard InChI is InChI=1S/C21H31NO2/c1-6-7-10-13-22-15-17(16-11-8-9-12-18(16)22)19(23)14-20(2,3)21(4,5)24/h8-9,11-12,15,24H,6-7,10,13-14H2,1-5H3. The summed E-state index contributed by atoms with van der Waals surface area (Å²) in [5.41, 5.74) is 0.523. The first-order valence-corrected chi connectivity index (χ1v) is 9.01. The highest BCUT2D eigenvalue weighted by Crippen LogP contribution is 2.36. The zero-order valence-corrected chi connectivity index (χ0v) is 15.7. The molecule has 0 aliphatic carbocycles. The van der Waals surface area contributed by atoms with Crippen LogP contribution in [0.3, 0.4) is 0 Å². The molecule has 1 heterocycles. The summed E-state index contributed by atoms with van der Waals surface area (Å²) >= 11 is 0. The van der Waals surface area contributed by atoms with E-state index in [4.69, 9.17) is 0 Å². The number of aliphatic hydroxyl groups is 1. The minimum Gasteiger partial charge on any atom is -0.390 e. The third-order valence-corrected chi connectivity index (χ3v) is 5.35. The van der Waals surface area contributed by atoms with Crippen molar-refractivity contribution in [2.75, 3.05) is 0 Å². The fraction of sp³-hybridized carbons (Fsp3) is 0.571. The Morgan fingerprint density at radius 1 is 1.12 bits per heavy atom. The van der Waals surface area contributed by atoms with Gasteiger partial charge in [0.1, 0.15) is 0 Å². The van der Waals surface area contributed by atoms with Gasteiger partial charge in [-0.05, 0) is 26.3 Å². The van der Waals surface area contributed by atoms with E-state index in [1.54, 1.807) is 13.8 Å². The monoisotopic (exact) mass is 329 g/mol. The number of Topliss-reactive ketones (excluding diaryl/α,β-unsaturated/α-hetero) is 1. The lowest BCUT2D eigenvalue weighted by molar-refractivity contribution is -0.0355. The summed E-state index contributed by atoms with van der Waals surface area (Å²) in [7, 11) is 0. The molecule has 3 nitrogen and oxygen atoms in total. The van der Waals surface area contributed by atoms with Gasteiger partial charge in [0.05, 0.1) is 5.60 Å². The zero-order valence-electron chi connectivity index (χ0n) is 15.7. The van der Waals surface area contributed by atoms with Crippen LogP contribution in [-0.4, -0.2) is 21.1 Å². The SMILES string of the molecule is CCCCCn1cc(C(=O)CC(C)(C)C(C)(C)O)c2ccccc21. The van der Waals surface area contributed by atoms with E-state index in [2.05, 4.69) is 17.6 Å². The highest BCUT2D eigenvalue weighted by atomic mass is 16.3. The third-order valence-electron chi connectivity index (χ3n) is 5.35. The lowest BCUT2D eigenvalue weighted by Gasteiger charge is -2.36. The number of aromatic nitrogens is 1. The molecular weight excluding hydrogens is 298 g/mol. The van der Waals surface area contributed by atoms with Crippen molar-refractivity contribution in [1.29, 1.82) is 0 Å². The number of fused-ring (bicyclic) bond motifs is 1. The molecule has 0 aliphatic heterocycles. The Labute approximate surface area is 145 Å². The molecular formula is C21H31NO2. The van der Waals surface area contributed by atoms with Crippen molar-refractivity contribution in [2.45, 2.75) is 72.4 Å². The summed E-state index contributed by atoms with van der Waals surface area (Å²) in [6.07, 6.45) is 5.84. The molecule has 0 saturated carbocycles. The average Bonchev–Trinajstić information content (AvgIpc) is 2.85. The van der Waals surface area contributed by atoms with Crippen molar-refractivity contribution in [3.05, 3.63) is 36.0 Å². The summed E-state index contributed by atoms with van der Waals surface area (Å²) in [6.45, 7) is 10.6. The number of rotatable bonds is 8. The van der Waals surface area contributed by atoms with Gasteiger partial charge >= 0.3 is 0 Å². The number of unbranched alkanes of at least 4 members (excludes halogenated alkanes) is 2. The van der Waals surface area contributed by atoms with E-state index in [0.29, 0.717) is 6.42 Å². The summed E-state index contributed by atoms with van der Waals surface area (Å²) in [5.74, 6) is 0.104. The lowest BCUT2D eigenvalue weighted by atomic mass is 9.73. The van der Waals surface area contributed by atoms with Crippen LogP contribution in [0, 0.1) is 5.41 Å². The molecule has 0 radical (unpaired) electrons. The number of hydrogen-bond acceptors (Lipinski definition) is 2. The van der Waals surface area contributed by atoms with E-state index in [1.807, 2.05) is 38.2 Å². The molecule has 1 aromatic heterocycles. The molecule has 0 aliphatic rings. The summed E-state index contributed by atoms with van der Waals surface area (Å²) < 4.78 is 2.20. The normalized spacial score (nSPS) is 12.8. The predicted molar refractivity (Wildman–Crippen MR) is 100 cm³/mol. The van der Waals surface area contributed by atoms with Gasteiger partial charge in [-0.3, -0.25) is 4.79 Å². The zero-order chi connectivity index (χ0) is 18.0. The Morgan fingerprint density at radius 3 is 2.42 bits per heavy atom. The quantitative estimate of drug-likeness (QED) is 0.534. The van der Waals surface area contributed by atoms with Crippen LogP contribution in [0.1, 0.15) is 70.7 Å². The maximum absolute atomic E-state index is 12.9. The highest BCUT2D eigenvalue weighted by Gasteiger charge is 2.37. The van der Waals surface area contributed by atoms with Crippen LogP contribution in [0.5, 0.6) is 0 Å². The first-order valence-electron chi connectivity index (χ1n) is 9.01. The number of carbonyl (C=O) groups excluding carboxylic acids is 1. The minimum atomic E-state index is -0.901. The topological polar surface area (TPSA) is 42.2 Å². The van der Waals surface area contributed by atoms with Crippen LogP contribution in [-0.2, 0) is 6.54 Å². The molecule has 0 amide bonds. The Balaban J connectivity index is 2.33. The van der Waals surface area contributed by atoms with Gasteiger partial charge in [0.2, 0.25) is 0 Å². The summed E-state index contributed by atoms with van der Waals surface area (Å²) in [6, 6.07) is 8.11. The van der Waals surface area contributed by atoms with Crippen LogP contribution >= 0.6 is 0 Å². The molecule has 2 aromatic rings. The van der Waals surface area contributed by atoms with Gasteiger partial charge < -0.3 is 9.67 Å². The molecule has 3 heteroatoms. The van der Waals surface area contributed by atoms with Crippen molar-refractivity contribution in [2.24, 2.45) is 5.41 Å². The van der Waals surface area contributed by atoms with Crippen LogP contribution in [0.25, 0.3) is 10.9 Å². The molecule has 2 rings (SSSR count). The second-order valence-corrected chi connectivity index (χ2v) is 8.00. The number of carbonyl (C=O) groups is 1. The van der Waals surface area contributed by atoms with E-state index in [0.717, 1.165) is 29.4 Å². The van der Waals surface area contributed by atoms with Crippen LogP contribution in [0.4, 0.5) is 0 Å². The minimum absolute atomic E-state index is 0.104. The largest absolute Gasteiger partial charge is 0.390 e. The Kier molecular flexibility index (Phi) is 5.54. The van der Waals surface area contributed by atoms with Crippen LogP contribution in [0.15, 0.2) is 30.5 Å². The molecule has 1 N–H and O–H groups in total. The predicted octanol–water partition coefficient (Wildman–Crippen LogP) is 5.20. The molecule has 0 saturated heterocycles. The van der Waals surface area contributed by atoms with Crippen molar-refractivity contribution >= 4 is 16.7 Å². The summed E-state index contributed by atoms with van der Waals surface area (Å²) in [5, 5.41) is 11.4. The van der Waals surface area contributed by atoms with Gasteiger partial charge in [-0.2, -0.15) is 0 Å². The van der Waals surface area contributed by atoms with E-state index < -0.39 is 11.0 Å². The van der Waals surface area contributed by atoms with Gasteiger partial charge in [-0.15, -0.1) is 0 Å². The molecule has 0 unspecified atom stereocenters. The van der Waals surface area contributed by atoms with E-state index in [9.17, 15) is 9.90 Å². The second-order valence-electron chi connectivity index (χ2n) is 8.00. The first kappa shape index (κ1) is 18.7. The number of para-hydroxylation sites is 1. The smallest absolute Gasteiger partial charge is 0.165 e. The molecule has 1 aromatic carbocycles. The van der Waals surface area contributed by atoms with Crippen molar-refractivity contribution < 1.29 is 9.90 Å². The van der Waals surface area contributed by atoms with Gasteiger partial charge in [-0.1, -0.05) is 51.8 Å². The van der Waals surface area contributed by atoms with Gasteiger partial charge in [0.15, 0.2) is 5.78 Å². The Morgan fingerprint density at radius 2 is 1.79 bits per heavy atom. The van der Waals surface area contributed by atoms with Crippen molar-refractivity contribution in [1.82, 2.24) is 4.57 Å². The van der Waals surface area contributed by atoms with Crippen molar-refractivity contribution in [3.8, 4) is 0 Å². The van der Waals surface area contributed by atoms with E-state index in [-0.39, 0.29) is 5.78 Å². The summed E-state index contributed by atoms with van der Waals surface area (Å²) in [4.78, 5) is 12.9. The maximum Gasteiger partial charge on any atom is 0.165 e. The first-order chi connectivity index (χ1) is 11.2.